The van der Waals surface area contributed by atoms with E-state index in [9.17, 15) is 0 Å². The lowest BCUT2D eigenvalue weighted by molar-refractivity contribution is 0.114. The molecule has 0 rings (SSSR count). The first-order valence-corrected chi connectivity index (χ1v) is 8.09. The van der Waals surface area contributed by atoms with E-state index < -0.39 is 0 Å². The maximum absolute atomic E-state index is 5.16. The van der Waals surface area contributed by atoms with Crippen LogP contribution in [-0.2, 0) is 4.74 Å². The molecule has 1 unspecified atom stereocenters. The van der Waals surface area contributed by atoms with Crippen molar-refractivity contribution in [3.63, 3.8) is 0 Å². The summed E-state index contributed by atoms with van der Waals surface area (Å²) in [5, 5.41) is 1.16. The molecule has 0 amide bonds. The molecular formula is C14H30BrNO. The van der Waals surface area contributed by atoms with Gasteiger partial charge < -0.3 is 9.64 Å². The average molecular weight is 308 g/mol. The standard InChI is InChI=1S/C14H30BrNO/c1-14(13-17-3)16(2)12-10-8-6-4-5-7-9-11-15/h14H,4-13H2,1-3H3. The van der Waals surface area contributed by atoms with E-state index in [1.807, 2.05) is 0 Å². The molecule has 0 N–H and O–H groups in total. The highest BCUT2D eigenvalue weighted by molar-refractivity contribution is 9.09. The molecule has 0 spiro atoms. The molecule has 1 atom stereocenters. The molecule has 0 radical (unpaired) electrons. The number of rotatable bonds is 12. The number of halogens is 1. The highest BCUT2D eigenvalue weighted by Crippen LogP contribution is 2.09. The topological polar surface area (TPSA) is 12.5 Å². The minimum Gasteiger partial charge on any atom is -0.383 e. The van der Waals surface area contributed by atoms with Crippen LogP contribution in [0.15, 0.2) is 0 Å². The van der Waals surface area contributed by atoms with Gasteiger partial charge in [-0.25, -0.2) is 0 Å². The van der Waals surface area contributed by atoms with Crippen LogP contribution in [0.4, 0.5) is 0 Å². The van der Waals surface area contributed by atoms with Gasteiger partial charge in [0, 0.05) is 18.5 Å². The van der Waals surface area contributed by atoms with Crippen LogP contribution in [0.2, 0.25) is 0 Å². The zero-order chi connectivity index (χ0) is 12.9. The van der Waals surface area contributed by atoms with Gasteiger partial charge in [-0.3, -0.25) is 0 Å². The third-order valence-corrected chi connectivity index (χ3v) is 3.87. The molecule has 0 heterocycles. The average Bonchev–Trinajstić information content (AvgIpc) is 2.32. The second kappa shape index (κ2) is 12.8. The van der Waals surface area contributed by atoms with Gasteiger partial charge in [-0.05, 0) is 33.4 Å². The van der Waals surface area contributed by atoms with Crippen molar-refractivity contribution in [1.82, 2.24) is 4.90 Å². The fraction of sp³-hybridized carbons (Fsp3) is 1.00. The summed E-state index contributed by atoms with van der Waals surface area (Å²) in [4.78, 5) is 2.40. The Hall–Kier alpha value is 0.400. The van der Waals surface area contributed by atoms with Crippen LogP contribution in [0.5, 0.6) is 0 Å². The van der Waals surface area contributed by atoms with Gasteiger partial charge in [0.2, 0.25) is 0 Å². The van der Waals surface area contributed by atoms with Crippen LogP contribution in [0, 0.1) is 0 Å². The second-order valence-electron chi connectivity index (χ2n) is 4.95. The number of methoxy groups -OCH3 is 1. The van der Waals surface area contributed by atoms with Crippen LogP contribution in [0.25, 0.3) is 0 Å². The summed E-state index contributed by atoms with van der Waals surface area (Å²) >= 11 is 3.47. The van der Waals surface area contributed by atoms with Crippen molar-refractivity contribution in [2.45, 2.75) is 57.9 Å². The molecule has 3 heteroatoms. The van der Waals surface area contributed by atoms with Gasteiger partial charge >= 0.3 is 0 Å². The minimum atomic E-state index is 0.541. The van der Waals surface area contributed by atoms with Gasteiger partial charge in [0.15, 0.2) is 0 Å². The summed E-state index contributed by atoms with van der Waals surface area (Å²) in [6, 6.07) is 0.541. The maximum Gasteiger partial charge on any atom is 0.0615 e. The number of nitrogens with zero attached hydrogens (tertiary/aromatic N) is 1. The van der Waals surface area contributed by atoms with E-state index in [0.717, 1.165) is 11.9 Å². The van der Waals surface area contributed by atoms with Crippen LogP contribution in [-0.4, -0.2) is 43.6 Å². The molecule has 0 fully saturated rings. The van der Waals surface area contributed by atoms with Crippen molar-refractivity contribution in [2.75, 3.05) is 32.6 Å². The molecule has 0 aliphatic carbocycles. The van der Waals surface area contributed by atoms with Gasteiger partial charge in [0.25, 0.3) is 0 Å². The molecule has 0 bridgehead atoms. The van der Waals surface area contributed by atoms with Crippen molar-refractivity contribution in [3.8, 4) is 0 Å². The van der Waals surface area contributed by atoms with E-state index in [1.165, 1.54) is 51.5 Å². The molecule has 0 aromatic carbocycles. The van der Waals surface area contributed by atoms with Gasteiger partial charge in [0.05, 0.1) is 6.61 Å². The quantitative estimate of drug-likeness (QED) is 0.398. The fourth-order valence-corrected chi connectivity index (χ4v) is 2.32. The number of hydrogen-bond acceptors (Lipinski definition) is 2. The number of alkyl halides is 1. The van der Waals surface area contributed by atoms with Gasteiger partial charge in [-0.15, -0.1) is 0 Å². The summed E-state index contributed by atoms with van der Waals surface area (Å²) < 4.78 is 5.16. The molecule has 0 saturated carbocycles. The van der Waals surface area contributed by atoms with Crippen LogP contribution in [0.1, 0.15) is 51.9 Å². The molecule has 0 aromatic rings. The Morgan fingerprint density at radius 3 is 2.06 bits per heavy atom. The Morgan fingerprint density at radius 1 is 1.00 bits per heavy atom. The summed E-state index contributed by atoms with van der Waals surface area (Å²) in [6.07, 6.45) is 9.62. The van der Waals surface area contributed by atoms with E-state index in [2.05, 4.69) is 34.8 Å². The highest BCUT2D eigenvalue weighted by Gasteiger charge is 2.07. The molecule has 2 nitrogen and oxygen atoms in total. The van der Waals surface area contributed by atoms with Crippen molar-refractivity contribution in [1.29, 1.82) is 0 Å². The normalized spacial score (nSPS) is 13.2. The third-order valence-electron chi connectivity index (χ3n) is 3.30. The van der Waals surface area contributed by atoms with E-state index in [0.29, 0.717) is 6.04 Å². The second-order valence-corrected chi connectivity index (χ2v) is 5.74. The Balaban J connectivity index is 3.21. The Kier molecular flexibility index (Phi) is 13.1. The Morgan fingerprint density at radius 2 is 1.53 bits per heavy atom. The Labute approximate surface area is 116 Å². The van der Waals surface area contributed by atoms with Gasteiger partial charge in [0.1, 0.15) is 0 Å². The van der Waals surface area contributed by atoms with Crippen LogP contribution >= 0.6 is 15.9 Å². The molecule has 104 valence electrons. The lowest BCUT2D eigenvalue weighted by Crippen LogP contribution is -2.33. The van der Waals surface area contributed by atoms with E-state index in [1.54, 1.807) is 7.11 Å². The summed E-state index contributed by atoms with van der Waals surface area (Å²) in [5.41, 5.74) is 0. The summed E-state index contributed by atoms with van der Waals surface area (Å²) in [7, 11) is 3.97. The smallest absolute Gasteiger partial charge is 0.0615 e. The largest absolute Gasteiger partial charge is 0.383 e. The number of unbranched alkanes of at least 4 members (excludes halogenated alkanes) is 6. The monoisotopic (exact) mass is 307 g/mol. The molecular weight excluding hydrogens is 278 g/mol. The summed E-state index contributed by atoms with van der Waals surface area (Å²) in [5.74, 6) is 0. The molecule has 17 heavy (non-hydrogen) atoms. The number of hydrogen-bond donors (Lipinski definition) is 0. The van der Waals surface area contributed by atoms with E-state index in [4.69, 9.17) is 4.74 Å². The number of ether oxygens (including phenoxy) is 1. The lowest BCUT2D eigenvalue weighted by atomic mass is 10.1. The molecule has 0 aliphatic rings. The van der Waals surface area contributed by atoms with Crippen LogP contribution < -0.4 is 0 Å². The van der Waals surface area contributed by atoms with Crippen molar-refractivity contribution < 1.29 is 4.74 Å². The zero-order valence-electron chi connectivity index (χ0n) is 11.9. The molecule has 0 aromatic heterocycles. The zero-order valence-corrected chi connectivity index (χ0v) is 13.5. The first kappa shape index (κ1) is 17.4. The van der Waals surface area contributed by atoms with Gasteiger partial charge in [-0.2, -0.15) is 0 Å². The fourth-order valence-electron chi connectivity index (χ4n) is 1.93. The SMILES string of the molecule is COCC(C)N(C)CCCCCCCCCBr. The minimum absolute atomic E-state index is 0.541. The molecule has 0 aliphatic heterocycles. The van der Waals surface area contributed by atoms with Gasteiger partial charge in [-0.1, -0.05) is 48.0 Å². The highest BCUT2D eigenvalue weighted by atomic mass is 79.9. The third kappa shape index (κ3) is 11.2. The van der Waals surface area contributed by atoms with Crippen molar-refractivity contribution >= 4 is 15.9 Å². The first-order chi connectivity index (χ1) is 8.22. The van der Waals surface area contributed by atoms with Crippen LogP contribution in [0.3, 0.4) is 0 Å². The van der Waals surface area contributed by atoms with E-state index in [-0.39, 0.29) is 0 Å². The first-order valence-electron chi connectivity index (χ1n) is 6.97. The van der Waals surface area contributed by atoms with E-state index >= 15 is 0 Å². The maximum atomic E-state index is 5.16. The van der Waals surface area contributed by atoms with Crippen molar-refractivity contribution in [2.24, 2.45) is 0 Å². The summed E-state index contributed by atoms with van der Waals surface area (Å²) in [6.45, 7) is 4.26. The molecule has 0 saturated heterocycles. The van der Waals surface area contributed by atoms with Crippen molar-refractivity contribution in [3.05, 3.63) is 0 Å². The Bertz CT molecular complexity index is 155. The predicted octanol–water partition coefficient (Wildman–Crippen LogP) is 4.08. The lowest BCUT2D eigenvalue weighted by Gasteiger charge is -2.23. The number of likely N-dealkylation sites (N-methyl/N-ethyl adjacent to an activating group) is 1. The predicted molar refractivity (Wildman–Crippen MR) is 80.1 cm³/mol.